The van der Waals surface area contributed by atoms with E-state index in [1.165, 1.54) is 0 Å². The molecule has 0 spiro atoms. The molecule has 0 bridgehead atoms. The van der Waals surface area contributed by atoms with Crippen LogP contribution in [0.4, 0.5) is 11.4 Å². The Morgan fingerprint density at radius 1 is 0.914 bits per heavy atom. The van der Waals surface area contributed by atoms with E-state index in [2.05, 4.69) is 15.8 Å². The van der Waals surface area contributed by atoms with Crippen LogP contribution in [-0.2, 0) is 21.2 Å². The molecule has 8 nitrogen and oxygen atoms in total. The number of hydrazone groups is 1. The molecule has 0 fully saturated rings. The fourth-order valence-electron chi connectivity index (χ4n) is 3.29. The Bertz CT molecular complexity index is 1320. The Hall–Kier alpha value is -3.98. The van der Waals surface area contributed by atoms with Gasteiger partial charge in [-0.25, -0.2) is 13.8 Å². The molecule has 0 atom stereocenters. The number of hydrogen-bond donors (Lipinski definition) is 2. The number of aryl methyl sites for hydroxylation is 1. The van der Waals surface area contributed by atoms with Crippen LogP contribution in [0, 0.1) is 0 Å². The maximum Gasteiger partial charge on any atom is 0.260 e. The normalized spacial score (nSPS) is 11.6. The molecule has 3 rings (SSSR count). The van der Waals surface area contributed by atoms with Gasteiger partial charge in [0.15, 0.2) is 0 Å². The Balaban J connectivity index is 1.68. The van der Waals surface area contributed by atoms with Gasteiger partial charge >= 0.3 is 0 Å². The van der Waals surface area contributed by atoms with Crippen LogP contribution in [-0.4, -0.2) is 38.7 Å². The van der Waals surface area contributed by atoms with Crippen molar-refractivity contribution >= 4 is 38.9 Å². The molecule has 0 heterocycles. The SMILES string of the molecule is CCc1ccc(N(CC(=O)N/N=C(/C)c2cccc(NC(=O)c3ccccc3)c2)S(C)(=O)=O)cc1. The summed E-state index contributed by atoms with van der Waals surface area (Å²) >= 11 is 0. The van der Waals surface area contributed by atoms with E-state index in [9.17, 15) is 18.0 Å². The Labute approximate surface area is 205 Å². The van der Waals surface area contributed by atoms with Gasteiger partial charge in [0.05, 0.1) is 17.7 Å². The predicted octanol–water partition coefficient (Wildman–Crippen LogP) is 3.81. The average Bonchev–Trinajstić information content (AvgIpc) is 2.86. The summed E-state index contributed by atoms with van der Waals surface area (Å²) in [6, 6.07) is 22.9. The van der Waals surface area contributed by atoms with E-state index >= 15 is 0 Å². The molecular weight excluding hydrogens is 464 g/mol. The molecule has 0 aliphatic heterocycles. The minimum Gasteiger partial charge on any atom is -0.322 e. The smallest absolute Gasteiger partial charge is 0.260 e. The van der Waals surface area contributed by atoms with Crippen LogP contribution in [0.1, 0.15) is 35.3 Å². The van der Waals surface area contributed by atoms with Crippen molar-refractivity contribution in [1.29, 1.82) is 0 Å². The average molecular weight is 493 g/mol. The standard InChI is InChI=1S/C26H28N4O4S/c1-4-20-13-15-24(16-14-20)30(35(3,33)34)18-25(31)29-28-19(2)22-11-8-12-23(17-22)27-26(32)21-9-6-5-7-10-21/h5-17H,4,18H2,1-3H3,(H,27,32)(H,29,31)/b28-19-. The molecule has 3 aromatic carbocycles. The third kappa shape index (κ3) is 7.25. The number of anilines is 2. The van der Waals surface area contributed by atoms with Crippen molar-refractivity contribution in [2.45, 2.75) is 20.3 Å². The minimum atomic E-state index is -3.68. The molecule has 0 aliphatic carbocycles. The van der Waals surface area contributed by atoms with Crippen LogP contribution in [0.5, 0.6) is 0 Å². The third-order valence-electron chi connectivity index (χ3n) is 5.24. The van der Waals surface area contributed by atoms with Gasteiger partial charge in [0, 0.05) is 11.3 Å². The van der Waals surface area contributed by atoms with Crippen LogP contribution < -0.4 is 15.0 Å². The molecular formula is C26H28N4O4S. The first-order valence-corrected chi connectivity index (χ1v) is 12.9. The lowest BCUT2D eigenvalue weighted by atomic mass is 10.1. The summed E-state index contributed by atoms with van der Waals surface area (Å²) in [5, 5.41) is 6.94. The molecule has 0 saturated heterocycles. The summed E-state index contributed by atoms with van der Waals surface area (Å²) in [4.78, 5) is 24.9. The third-order valence-corrected chi connectivity index (χ3v) is 6.38. The number of carbonyl (C=O) groups excluding carboxylic acids is 2. The molecule has 0 unspecified atom stereocenters. The first-order valence-electron chi connectivity index (χ1n) is 11.0. The zero-order valence-electron chi connectivity index (χ0n) is 19.9. The highest BCUT2D eigenvalue weighted by Crippen LogP contribution is 2.18. The number of carbonyl (C=O) groups is 2. The lowest BCUT2D eigenvalue weighted by Gasteiger charge is -2.21. The van der Waals surface area contributed by atoms with Gasteiger partial charge in [0.2, 0.25) is 10.0 Å². The molecule has 0 aromatic heterocycles. The van der Waals surface area contributed by atoms with Gasteiger partial charge in [0.1, 0.15) is 6.54 Å². The molecule has 3 aromatic rings. The zero-order valence-corrected chi connectivity index (χ0v) is 20.7. The van der Waals surface area contributed by atoms with Crippen LogP contribution in [0.2, 0.25) is 0 Å². The number of sulfonamides is 1. The second-order valence-corrected chi connectivity index (χ2v) is 9.83. The minimum absolute atomic E-state index is 0.238. The van der Waals surface area contributed by atoms with Crippen molar-refractivity contribution in [3.63, 3.8) is 0 Å². The number of nitrogens with zero attached hydrogens (tertiary/aromatic N) is 2. The quantitative estimate of drug-likeness (QED) is 0.350. The molecule has 35 heavy (non-hydrogen) atoms. The van der Waals surface area contributed by atoms with Gasteiger partial charge in [-0.3, -0.25) is 13.9 Å². The van der Waals surface area contributed by atoms with E-state index in [1.54, 1.807) is 67.6 Å². The second kappa shape index (κ2) is 11.4. The van der Waals surface area contributed by atoms with E-state index in [0.29, 0.717) is 28.2 Å². The van der Waals surface area contributed by atoms with Crippen molar-refractivity contribution in [3.8, 4) is 0 Å². The van der Waals surface area contributed by atoms with Gasteiger partial charge in [-0.2, -0.15) is 5.10 Å². The lowest BCUT2D eigenvalue weighted by molar-refractivity contribution is -0.119. The van der Waals surface area contributed by atoms with Crippen molar-refractivity contribution in [2.24, 2.45) is 5.10 Å². The van der Waals surface area contributed by atoms with Gasteiger partial charge in [-0.15, -0.1) is 0 Å². The summed E-state index contributed by atoms with van der Waals surface area (Å²) in [6.07, 6.45) is 1.88. The fraction of sp³-hybridized carbons (Fsp3) is 0.192. The number of benzene rings is 3. The Morgan fingerprint density at radius 3 is 2.20 bits per heavy atom. The summed E-state index contributed by atoms with van der Waals surface area (Å²) in [5.74, 6) is -0.818. The van der Waals surface area contributed by atoms with Crippen molar-refractivity contribution < 1.29 is 18.0 Å². The van der Waals surface area contributed by atoms with Gasteiger partial charge in [-0.1, -0.05) is 49.4 Å². The van der Waals surface area contributed by atoms with E-state index in [-0.39, 0.29) is 5.91 Å². The van der Waals surface area contributed by atoms with Crippen LogP contribution in [0.15, 0.2) is 84.0 Å². The number of rotatable bonds is 9. The maximum atomic E-state index is 12.5. The topological polar surface area (TPSA) is 108 Å². The molecule has 2 N–H and O–H groups in total. The van der Waals surface area contributed by atoms with Gasteiger partial charge in [0.25, 0.3) is 11.8 Å². The summed E-state index contributed by atoms with van der Waals surface area (Å²) < 4.78 is 25.6. The zero-order chi connectivity index (χ0) is 25.4. The maximum absolute atomic E-state index is 12.5. The number of amides is 2. The molecule has 2 amide bonds. The first-order chi connectivity index (χ1) is 16.7. The van der Waals surface area contributed by atoms with Crippen molar-refractivity contribution in [1.82, 2.24) is 5.43 Å². The second-order valence-electron chi connectivity index (χ2n) is 7.92. The molecule has 182 valence electrons. The van der Waals surface area contributed by atoms with Crippen LogP contribution >= 0.6 is 0 Å². The molecule has 9 heteroatoms. The molecule has 0 radical (unpaired) electrons. The first kappa shape index (κ1) is 25.6. The molecule has 0 saturated carbocycles. The Kier molecular flexibility index (Phi) is 8.38. The number of nitrogens with one attached hydrogen (secondary N) is 2. The van der Waals surface area contributed by atoms with Crippen molar-refractivity contribution in [3.05, 3.63) is 95.6 Å². The summed E-state index contributed by atoms with van der Waals surface area (Å²) in [6.45, 7) is 3.30. The number of hydrogen-bond acceptors (Lipinski definition) is 5. The fourth-order valence-corrected chi connectivity index (χ4v) is 4.15. The largest absolute Gasteiger partial charge is 0.322 e. The van der Waals surface area contributed by atoms with Crippen LogP contribution in [0.3, 0.4) is 0 Å². The van der Waals surface area contributed by atoms with E-state index < -0.39 is 22.5 Å². The molecule has 0 aliphatic rings. The Morgan fingerprint density at radius 2 is 1.57 bits per heavy atom. The van der Waals surface area contributed by atoms with Crippen molar-refractivity contribution in [2.75, 3.05) is 22.4 Å². The highest BCUT2D eigenvalue weighted by atomic mass is 32.2. The van der Waals surface area contributed by atoms with E-state index in [0.717, 1.165) is 22.5 Å². The van der Waals surface area contributed by atoms with E-state index in [4.69, 9.17) is 0 Å². The van der Waals surface area contributed by atoms with Gasteiger partial charge in [-0.05, 0) is 60.9 Å². The van der Waals surface area contributed by atoms with E-state index in [1.807, 2.05) is 25.1 Å². The summed E-state index contributed by atoms with van der Waals surface area (Å²) in [7, 11) is -3.68. The highest BCUT2D eigenvalue weighted by molar-refractivity contribution is 7.92. The monoisotopic (exact) mass is 492 g/mol. The highest BCUT2D eigenvalue weighted by Gasteiger charge is 2.20. The van der Waals surface area contributed by atoms with Gasteiger partial charge < -0.3 is 5.32 Å². The summed E-state index contributed by atoms with van der Waals surface area (Å²) in [5.41, 5.74) is 6.18. The lowest BCUT2D eigenvalue weighted by Crippen LogP contribution is -2.39. The van der Waals surface area contributed by atoms with Crippen LogP contribution in [0.25, 0.3) is 0 Å². The predicted molar refractivity (Wildman–Crippen MR) is 139 cm³/mol.